The lowest BCUT2D eigenvalue weighted by molar-refractivity contribution is -0.410. The normalized spacial score (nSPS) is 17.0. The number of nitrogens with zero attached hydrogens (tertiary/aromatic N) is 4. The first-order valence-electron chi connectivity index (χ1n) is 4.49. The summed E-state index contributed by atoms with van der Waals surface area (Å²) in [5.41, 5.74) is 2.65. The maximum atomic E-state index is 10.5. The van der Waals surface area contributed by atoms with Crippen LogP contribution in [-0.4, -0.2) is 20.2 Å². The standard InChI is InChI=1S/C8H6ClN5O2S/c9-5-1-2-6(11-10-5)12-13-7-3-4-8(17-7)14(15)16/h1-2,4H,3H2,(H,11,12). The second kappa shape index (κ2) is 5.11. The molecule has 7 nitrogen and oxygen atoms in total. The summed E-state index contributed by atoms with van der Waals surface area (Å²) in [7, 11) is 0. The fourth-order valence-electron chi connectivity index (χ4n) is 1.05. The quantitative estimate of drug-likeness (QED) is 0.668. The second-order valence-electron chi connectivity index (χ2n) is 2.96. The minimum atomic E-state index is -0.435. The molecule has 0 atom stereocenters. The van der Waals surface area contributed by atoms with Crippen molar-refractivity contribution < 1.29 is 4.92 Å². The minimum absolute atomic E-state index is 0.0905. The SMILES string of the molecule is O=[N+]([O-])C1=CCC(=NNc2ccc(Cl)nn2)S1. The Hall–Kier alpha value is -1.67. The van der Waals surface area contributed by atoms with Gasteiger partial charge in [0.05, 0.1) is 4.92 Å². The van der Waals surface area contributed by atoms with Gasteiger partial charge in [-0.2, -0.15) is 5.10 Å². The number of rotatable bonds is 3. The Morgan fingerprint density at radius 1 is 1.53 bits per heavy atom. The molecule has 1 N–H and O–H groups in total. The van der Waals surface area contributed by atoms with Crippen LogP contribution in [0.3, 0.4) is 0 Å². The van der Waals surface area contributed by atoms with Gasteiger partial charge in [-0.3, -0.25) is 15.5 Å². The maximum Gasteiger partial charge on any atom is 0.305 e. The molecule has 2 rings (SSSR count). The summed E-state index contributed by atoms with van der Waals surface area (Å²) < 4.78 is 0. The van der Waals surface area contributed by atoms with Gasteiger partial charge in [-0.1, -0.05) is 11.6 Å². The molecule has 17 heavy (non-hydrogen) atoms. The summed E-state index contributed by atoms with van der Waals surface area (Å²) in [5.74, 6) is 0.428. The number of hydrazone groups is 1. The molecule has 0 saturated carbocycles. The van der Waals surface area contributed by atoms with Crippen LogP contribution in [0.5, 0.6) is 0 Å². The zero-order chi connectivity index (χ0) is 12.3. The zero-order valence-electron chi connectivity index (χ0n) is 8.33. The summed E-state index contributed by atoms with van der Waals surface area (Å²) in [6.45, 7) is 0. The van der Waals surface area contributed by atoms with E-state index >= 15 is 0 Å². The van der Waals surface area contributed by atoms with Crippen LogP contribution in [0.15, 0.2) is 28.3 Å². The molecular formula is C8H6ClN5O2S. The van der Waals surface area contributed by atoms with Crippen LogP contribution in [0, 0.1) is 10.1 Å². The van der Waals surface area contributed by atoms with Gasteiger partial charge in [0, 0.05) is 24.3 Å². The number of aromatic nitrogens is 2. The first kappa shape index (κ1) is 11.8. The number of halogens is 1. The van der Waals surface area contributed by atoms with E-state index in [1.807, 2.05) is 0 Å². The summed E-state index contributed by atoms with van der Waals surface area (Å²) in [6, 6.07) is 3.18. The highest BCUT2D eigenvalue weighted by molar-refractivity contribution is 8.17. The molecule has 0 spiro atoms. The van der Waals surface area contributed by atoms with E-state index in [0.717, 1.165) is 11.8 Å². The van der Waals surface area contributed by atoms with Crippen molar-refractivity contribution in [2.45, 2.75) is 6.42 Å². The van der Waals surface area contributed by atoms with Gasteiger partial charge in [-0.05, 0) is 12.1 Å². The van der Waals surface area contributed by atoms with E-state index in [-0.39, 0.29) is 10.2 Å². The molecule has 88 valence electrons. The molecule has 0 aromatic carbocycles. The fourth-order valence-corrected chi connectivity index (χ4v) is 1.90. The van der Waals surface area contributed by atoms with Crippen LogP contribution >= 0.6 is 23.4 Å². The Morgan fingerprint density at radius 3 is 2.94 bits per heavy atom. The number of hydrogen-bond acceptors (Lipinski definition) is 7. The van der Waals surface area contributed by atoms with Crippen LogP contribution in [0.2, 0.25) is 5.15 Å². The van der Waals surface area contributed by atoms with Gasteiger partial charge in [0.25, 0.3) is 0 Å². The summed E-state index contributed by atoms with van der Waals surface area (Å²) >= 11 is 6.58. The van der Waals surface area contributed by atoms with Gasteiger partial charge in [-0.15, -0.1) is 10.2 Å². The average molecular weight is 272 g/mol. The highest BCUT2D eigenvalue weighted by Crippen LogP contribution is 2.27. The van der Waals surface area contributed by atoms with E-state index in [9.17, 15) is 10.1 Å². The highest BCUT2D eigenvalue weighted by atomic mass is 35.5. The van der Waals surface area contributed by atoms with Gasteiger partial charge in [-0.25, -0.2) is 0 Å². The van der Waals surface area contributed by atoms with Crippen molar-refractivity contribution in [3.63, 3.8) is 0 Å². The van der Waals surface area contributed by atoms with Gasteiger partial charge in [0.15, 0.2) is 11.0 Å². The monoisotopic (exact) mass is 271 g/mol. The molecule has 1 aromatic rings. The predicted molar refractivity (Wildman–Crippen MR) is 65.4 cm³/mol. The molecule has 0 unspecified atom stereocenters. The smallest absolute Gasteiger partial charge is 0.259 e. The van der Waals surface area contributed by atoms with Crippen molar-refractivity contribution in [1.29, 1.82) is 0 Å². The minimum Gasteiger partial charge on any atom is -0.259 e. The number of anilines is 1. The van der Waals surface area contributed by atoms with Crippen molar-refractivity contribution in [1.82, 2.24) is 10.2 Å². The molecule has 0 saturated heterocycles. The topological polar surface area (TPSA) is 93.3 Å². The van der Waals surface area contributed by atoms with Crippen molar-refractivity contribution in [2.75, 3.05) is 5.43 Å². The third kappa shape index (κ3) is 3.14. The molecule has 0 aliphatic carbocycles. The van der Waals surface area contributed by atoms with E-state index in [0.29, 0.717) is 17.3 Å². The lowest BCUT2D eigenvalue weighted by Crippen LogP contribution is -1.98. The summed E-state index contributed by atoms with van der Waals surface area (Å²) in [6.07, 6.45) is 1.95. The number of thioether (sulfide) groups is 1. The third-order valence-electron chi connectivity index (χ3n) is 1.78. The Balaban J connectivity index is 1.95. The van der Waals surface area contributed by atoms with Crippen molar-refractivity contribution >= 4 is 34.2 Å². The van der Waals surface area contributed by atoms with E-state index in [4.69, 9.17) is 11.6 Å². The number of nitrogens with one attached hydrogen (secondary N) is 1. The zero-order valence-corrected chi connectivity index (χ0v) is 9.90. The van der Waals surface area contributed by atoms with Crippen molar-refractivity contribution in [3.05, 3.63) is 38.5 Å². The molecule has 1 aliphatic heterocycles. The Morgan fingerprint density at radius 2 is 2.35 bits per heavy atom. The summed E-state index contributed by atoms with van der Waals surface area (Å²) in [5, 5.41) is 22.8. The van der Waals surface area contributed by atoms with Crippen LogP contribution in [0.4, 0.5) is 5.82 Å². The number of hydrogen-bond donors (Lipinski definition) is 1. The highest BCUT2D eigenvalue weighted by Gasteiger charge is 2.22. The van der Waals surface area contributed by atoms with Gasteiger partial charge < -0.3 is 0 Å². The van der Waals surface area contributed by atoms with Gasteiger partial charge in [0.1, 0.15) is 5.04 Å². The maximum absolute atomic E-state index is 10.5. The molecule has 2 heterocycles. The second-order valence-corrected chi connectivity index (χ2v) is 4.45. The Bertz CT molecular complexity index is 501. The van der Waals surface area contributed by atoms with E-state index < -0.39 is 4.92 Å². The van der Waals surface area contributed by atoms with Gasteiger partial charge in [0.2, 0.25) is 0 Å². The third-order valence-corrected chi connectivity index (χ3v) is 3.00. The molecule has 0 bridgehead atoms. The first-order valence-corrected chi connectivity index (χ1v) is 5.69. The van der Waals surface area contributed by atoms with E-state index in [1.54, 1.807) is 12.1 Å². The molecule has 1 aromatic heterocycles. The lowest BCUT2D eigenvalue weighted by atomic mass is 10.4. The molecule has 1 aliphatic rings. The largest absolute Gasteiger partial charge is 0.305 e. The van der Waals surface area contributed by atoms with E-state index in [1.165, 1.54) is 6.08 Å². The van der Waals surface area contributed by atoms with Gasteiger partial charge >= 0.3 is 5.03 Å². The summed E-state index contributed by atoms with van der Waals surface area (Å²) in [4.78, 5) is 10.0. The van der Waals surface area contributed by atoms with Crippen LogP contribution < -0.4 is 5.43 Å². The van der Waals surface area contributed by atoms with E-state index in [2.05, 4.69) is 20.7 Å². The van der Waals surface area contributed by atoms with Crippen LogP contribution in [0.25, 0.3) is 0 Å². The number of nitro groups is 1. The molecule has 9 heteroatoms. The average Bonchev–Trinajstić information content (AvgIpc) is 2.77. The van der Waals surface area contributed by atoms with Crippen LogP contribution in [-0.2, 0) is 0 Å². The van der Waals surface area contributed by atoms with Crippen molar-refractivity contribution in [3.8, 4) is 0 Å². The fraction of sp³-hybridized carbons (Fsp3) is 0.125. The molecular weight excluding hydrogens is 266 g/mol. The lowest BCUT2D eigenvalue weighted by Gasteiger charge is -1.98. The van der Waals surface area contributed by atoms with Crippen LogP contribution in [0.1, 0.15) is 6.42 Å². The number of allylic oxidation sites excluding steroid dienone is 1. The molecule has 0 amide bonds. The Labute approximate surface area is 105 Å². The van der Waals surface area contributed by atoms with Crippen molar-refractivity contribution in [2.24, 2.45) is 5.10 Å². The molecule has 0 radical (unpaired) electrons. The predicted octanol–water partition coefficient (Wildman–Crippen LogP) is 2.11. The molecule has 0 fully saturated rings. The first-order chi connectivity index (χ1) is 8.15. The Kier molecular flexibility index (Phi) is 3.55.